The minimum atomic E-state index is -0.450. The van der Waals surface area contributed by atoms with Crippen molar-refractivity contribution in [2.45, 2.75) is 32.7 Å². The number of hydrogen-bond donors (Lipinski definition) is 2. The lowest BCUT2D eigenvalue weighted by molar-refractivity contribution is -0.119. The lowest BCUT2D eigenvalue weighted by Crippen LogP contribution is -2.41. The molecule has 0 radical (unpaired) electrons. The maximum atomic E-state index is 12.1. The van der Waals surface area contributed by atoms with Crippen LogP contribution in [0.3, 0.4) is 0 Å². The van der Waals surface area contributed by atoms with Crippen molar-refractivity contribution < 1.29 is 9.59 Å². The fourth-order valence-electron chi connectivity index (χ4n) is 3.28. The minimum absolute atomic E-state index is 0.255. The van der Waals surface area contributed by atoms with Crippen molar-refractivity contribution in [1.29, 1.82) is 0 Å². The van der Waals surface area contributed by atoms with E-state index in [0.717, 1.165) is 24.9 Å². The maximum Gasteiger partial charge on any atom is 0.321 e. The first-order valence-electron chi connectivity index (χ1n) is 9.08. The zero-order valence-electron chi connectivity index (χ0n) is 15.1. The SMILES string of the molecule is Cc1ccc2c(c1)CCCN2CCC(=O)NC(=O)NCc1ccccc1. The fraction of sp³-hybridized carbons (Fsp3) is 0.333. The first-order valence-corrected chi connectivity index (χ1v) is 9.08. The van der Waals surface area contributed by atoms with Gasteiger partial charge in [-0.15, -0.1) is 0 Å². The Morgan fingerprint density at radius 3 is 2.73 bits per heavy atom. The van der Waals surface area contributed by atoms with Gasteiger partial charge in [-0.25, -0.2) is 4.79 Å². The number of imide groups is 1. The van der Waals surface area contributed by atoms with Crippen LogP contribution in [0.1, 0.15) is 29.5 Å². The van der Waals surface area contributed by atoms with Gasteiger partial charge in [-0.3, -0.25) is 10.1 Å². The van der Waals surface area contributed by atoms with Gasteiger partial charge in [0.05, 0.1) is 0 Å². The van der Waals surface area contributed by atoms with E-state index in [1.54, 1.807) is 0 Å². The third kappa shape index (κ3) is 4.85. The summed E-state index contributed by atoms with van der Waals surface area (Å²) in [5.41, 5.74) is 4.81. The number of carbonyl (C=O) groups excluding carboxylic acids is 2. The molecule has 136 valence electrons. The molecule has 3 amide bonds. The van der Waals surface area contributed by atoms with E-state index in [0.29, 0.717) is 19.5 Å². The Bertz CT molecular complexity index is 774. The Kier molecular flexibility index (Phi) is 5.89. The van der Waals surface area contributed by atoms with Gasteiger partial charge in [0.25, 0.3) is 0 Å². The second-order valence-corrected chi connectivity index (χ2v) is 6.69. The van der Waals surface area contributed by atoms with Gasteiger partial charge in [-0.1, -0.05) is 48.0 Å². The Labute approximate surface area is 154 Å². The molecule has 2 aromatic carbocycles. The molecule has 5 nitrogen and oxygen atoms in total. The van der Waals surface area contributed by atoms with Crippen LogP contribution in [0.25, 0.3) is 0 Å². The monoisotopic (exact) mass is 351 g/mol. The predicted octanol–water partition coefficient (Wildman–Crippen LogP) is 3.16. The number of nitrogens with one attached hydrogen (secondary N) is 2. The molecule has 0 aliphatic carbocycles. The van der Waals surface area contributed by atoms with Crippen LogP contribution < -0.4 is 15.5 Å². The fourth-order valence-corrected chi connectivity index (χ4v) is 3.28. The number of anilines is 1. The molecule has 2 aromatic rings. The van der Waals surface area contributed by atoms with Crippen molar-refractivity contribution in [3.63, 3.8) is 0 Å². The summed E-state index contributed by atoms with van der Waals surface area (Å²) in [7, 11) is 0. The molecule has 0 aromatic heterocycles. The van der Waals surface area contributed by atoms with Gasteiger partial charge in [-0.05, 0) is 37.0 Å². The van der Waals surface area contributed by atoms with Crippen molar-refractivity contribution in [3.05, 3.63) is 65.2 Å². The molecule has 2 N–H and O–H groups in total. The summed E-state index contributed by atoms with van der Waals surface area (Å²) in [5.74, 6) is -0.255. The van der Waals surface area contributed by atoms with Crippen molar-refractivity contribution in [3.8, 4) is 0 Å². The van der Waals surface area contributed by atoms with E-state index in [1.807, 2.05) is 30.3 Å². The molecule has 0 bridgehead atoms. The summed E-state index contributed by atoms with van der Waals surface area (Å²) in [5, 5.41) is 5.11. The molecule has 0 fully saturated rings. The summed E-state index contributed by atoms with van der Waals surface area (Å²) in [6, 6.07) is 15.6. The first kappa shape index (κ1) is 18.0. The van der Waals surface area contributed by atoms with Gasteiger partial charge < -0.3 is 10.2 Å². The Balaban J connectivity index is 1.45. The summed E-state index contributed by atoms with van der Waals surface area (Å²) in [6.07, 6.45) is 2.48. The quantitative estimate of drug-likeness (QED) is 0.870. The van der Waals surface area contributed by atoms with Gasteiger partial charge in [0.1, 0.15) is 0 Å². The molecule has 0 saturated heterocycles. The molecule has 5 heteroatoms. The molecule has 3 rings (SSSR count). The lowest BCUT2D eigenvalue weighted by atomic mass is 9.99. The number of nitrogens with zero attached hydrogens (tertiary/aromatic N) is 1. The van der Waals surface area contributed by atoms with Gasteiger partial charge in [0, 0.05) is 31.7 Å². The summed E-state index contributed by atoms with van der Waals surface area (Å²) < 4.78 is 0. The Morgan fingerprint density at radius 1 is 1.12 bits per heavy atom. The van der Waals surface area contributed by atoms with E-state index < -0.39 is 6.03 Å². The smallest absolute Gasteiger partial charge is 0.321 e. The molecule has 26 heavy (non-hydrogen) atoms. The summed E-state index contributed by atoms with van der Waals surface area (Å²) in [6.45, 7) is 4.07. The number of fused-ring (bicyclic) bond motifs is 1. The zero-order valence-corrected chi connectivity index (χ0v) is 15.1. The van der Waals surface area contributed by atoms with Gasteiger partial charge in [0.15, 0.2) is 0 Å². The van der Waals surface area contributed by atoms with Crippen molar-refractivity contribution in [1.82, 2.24) is 10.6 Å². The number of amides is 3. The van der Waals surface area contributed by atoms with E-state index in [1.165, 1.54) is 16.8 Å². The number of rotatable bonds is 5. The van der Waals surface area contributed by atoms with E-state index in [2.05, 4.69) is 40.7 Å². The van der Waals surface area contributed by atoms with E-state index >= 15 is 0 Å². The van der Waals surface area contributed by atoms with Crippen LogP contribution in [-0.4, -0.2) is 25.0 Å². The number of benzene rings is 2. The van der Waals surface area contributed by atoms with Gasteiger partial charge in [0.2, 0.25) is 5.91 Å². The van der Waals surface area contributed by atoms with Crippen LogP contribution in [0.4, 0.5) is 10.5 Å². The molecule has 0 spiro atoms. The molecule has 1 aliphatic rings. The second-order valence-electron chi connectivity index (χ2n) is 6.69. The number of aryl methyl sites for hydroxylation is 2. The van der Waals surface area contributed by atoms with Crippen LogP contribution >= 0.6 is 0 Å². The Morgan fingerprint density at radius 2 is 1.92 bits per heavy atom. The normalized spacial score (nSPS) is 13.0. The zero-order chi connectivity index (χ0) is 18.4. The summed E-state index contributed by atoms with van der Waals surface area (Å²) >= 11 is 0. The highest BCUT2D eigenvalue weighted by atomic mass is 16.2. The highest BCUT2D eigenvalue weighted by Gasteiger charge is 2.18. The van der Waals surface area contributed by atoms with E-state index in [9.17, 15) is 9.59 Å². The highest BCUT2D eigenvalue weighted by Crippen LogP contribution is 2.27. The van der Waals surface area contributed by atoms with Crippen LogP contribution in [0.15, 0.2) is 48.5 Å². The van der Waals surface area contributed by atoms with E-state index in [-0.39, 0.29) is 5.91 Å². The van der Waals surface area contributed by atoms with Crippen molar-refractivity contribution in [2.24, 2.45) is 0 Å². The van der Waals surface area contributed by atoms with Gasteiger partial charge >= 0.3 is 6.03 Å². The number of hydrogen-bond acceptors (Lipinski definition) is 3. The average molecular weight is 351 g/mol. The van der Waals surface area contributed by atoms with Gasteiger partial charge in [-0.2, -0.15) is 0 Å². The van der Waals surface area contributed by atoms with Crippen molar-refractivity contribution in [2.75, 3.05) is 18.0 Å². The highest BCUT2D eigenvalue weighted by molar-refractivity contribution is 5.94. The van der Waals surface area contributed by atoms with Crippen LogP contribution in [-0.2, 0) is 17.8 Å². The molecule has 0 saturated carbocycles. The molecule has 1 aliphatic heterocycles. The predicted molar refractivity (Wildman–Crippen MR) is 103 cm³/mol. The van der Waals surface area contributed by atoms with Crippen LogP contribution in [0.5, 0.6) is 0 Å². The van der Waals surface area contributed by atoms with Crippen LogP contribution in [0, 0.1) is 6.92 Å². The molecule has 0 atom stereocenters. The average Bonchev–Trinajstić information content (AvgIpc) is 2.65. The van der Waals surface area contributed by atoms with Crippen molar-refractivity contribution >= 4 is 17.6 Å². The lowest BCUT2D eigenvalue weighted by Gasteiger charge is -2.31. The van der Waals surface area contributed by atoms with Crippen LogP contribution in [0.2, 0.25) is 0 Å². The molecule has 1 heterocycles. The molecule has 0 unspecified atom stereocenters. The largest absolute Gasteiger partial charge is 0.371 e. The Hall–Kier alpha value is -2.82. The second kappa shape index (κ2) is 8.52. The first-order chi connectivity index (χ1) is 12.6. The number of urea groups is 1. The topological polar surface area (TPSA) is 61.4 Å². The minimum Gasteiger partial charge on any atom is -0.371 e. The molecular formula is C21H25N3O2. The molecular weight excluding hydrogens is 326 g/mol. The maximum absolute atomic E-state index is 12.1. The summed E-state index contributed by atoms with van der Waals surface area (Å²) in [4.78, 5) is 26.2. The standard InChI is InChI=1S/C21H25N3O2/c1-16-9-10-19-18(14-16)8-5-12-24(19)13-11-20(25)23-21(26)22-15-17-6-3-2-4-7-17/h2-4,6-7,9-10,14H,5,8,11-13,15H2,1H3,(H2,22,23,25,26). The third-order valence-corrected chi connectivity index (χ3v) is 4.61. The number of carbonyl (C=O) groups is 2. The van der Waals surface area contributed by atoms with E-state index in [4.69, 9.17) is 0 Å². The third-order valence-electron chi connectivity index (χ3n) is 4.61.